The van der Waals surface area contributed by atoms with Gasteiger partial charge in [0.25, 0.3) is 5.91 Å². The number of carbonyl (C=O) groups is 2. The molecule has 144 valence electrons. The molecule has 1 aromatic carbocycles. The van der Waals surface area contributed by atoms with E-state index < -0.39 is 5.97 Å². The number of anilines is 1. The lowest BCUT2D eigenvalue weighted by atomic mass is 10.0. The predicted octanol–water partition coefficient (Wildman–Crippen LogP) is 1.83. The normalized spacial score (nSPS) is 22.3. The highest BCUT2D eigenvalue weighted by Gasteiger charge is 2.28. The van der Waals surface area contributed by atoms with Crippen LogP contribution in [0.15, 0.2) is 35.7 Å². The molecule has 1 aromatic heterocycles. The first-order valence-electron chi connectivity index (χ1n) is 9.02. The van der Waals surface area contributed by atoms with Crippen LogP contribution in [0.2, 0.25) is 0 Å². The molecule has 1 saturated heterocycles. The van der Waals surface area contributed by atoms with Crippen molar-refractivity contribution in [3.8, 4) is 11.1 Å². The number of methoxy groups -OCH3 is 1. The molecule has 7 heteroatoms. The highest BCUT2D eigenvalue weighted by Crippen LogP contribution is 2.36. The Morgan fingerprint density at radius 1 is 1.22 bits per heavy atom. The zero-order chi connectivity index (χ0) is 19.4. The van der Waals surface area contributed by atoms with Crippen LogP contribution in [0, 0.1) is 0 Å². The van der Waals surface area contributed by atoms with E-state index in [1.165, 1.54) is 23.3 Å². The van der Waals surface area contributed by atoms with Crippen molar-refractivity contribution in [2.24, 2.45) is 0 Å². The molecule has 6 nitrogen and oxygen atoms in total. The van der Waals surface area contributed by atoms with E-state index in [1.807, 2.05) is 49.6 Å². The summed E-state index contributed by atoms with van der Waals surface area (Å²) in [7, 11) is 1.35. The van der Waals surface area contributed by atoms with Gasteiger partial charge in [0, 0.05) is 10.9 Å². The van der Waals surface area contributed by atoms with Crippen LogP contribution < -0.4 is 10.2 Å². The maximum atomic E-state index is 12.6. The SMILES string of the molecule is COC(=O)c1c(-c2ccccc2)csc1NC(=O)C[NH+]1C[C@@H](C)O[C@H](C)C1. The summed E-state index contributed by atoms with van der Waals surface area (Å²) in [5.41, 5.74) is 2.08. The Morgan fingerprint density at radius 2 is 1.89 bits per heavy atom. The zero-order valence-electron chi connectivity index (χ0n) is 15.8. The van der Waals surface area contributed by atoms with Crippen LogP contribution in [0.4, 0.5) is 5.00 Å². The van der Waals surface area contributed by atoms with Gasteiger partial charge in [-0.3, -0.25) is 4.79 Å². The first kappa shape index (κ1) is 19.5. The number of nitrogens with one attached hydrogen (secondary N) is 2. The summed E-state index contributed by atoms with van der Waals surface area (Å²) in [6.45, 7) is 5.97. The van der Waals surface area contributed by atoms with E-state index in [2.05, 4.69) is 5.32 Å². The third-order valence-electron chi connectivity index (χ3n) is 4.55. The van der Waals surface area contributed by atoms with Crippen molar-refractivity contribution in [3.05, 3.63) is 41.3 Å². The van der Waals surface area contributed by atoms with Gasteiger partial charge in [0.2, 0.25) is 0 Å². The van der Waals surface area contributed by atoms with E-state index in [0.29, 0.717) is 17.1 Å². The largest absolute Gasteiger partial charge is 0.465 e. The van der Waals surface area contributed by atoms with Crippen molar-refractivity contribution in [2.45, 2.75) is 26.1 Å². The minimum atomic E-state index is -0.452. The molecular formula is C20H25N2O4S+. The molecule has 0 spiro atoms. The molecule has 0 aliphatic carbocycles. The van der Waals surface area contributed by atoms with Crippen LogP contribution in [0.5, 0.6) is 0 Å². The Labute approximate surface area is 163 Å². The number of carbonyl (C=O) groups excluding carboxylic acids is 2. The number of morpholine rings is 1. The Hall–Kier alpha value is -2.22. The van der Waals surface area contributed by atoms with E-state index in [4.69, 9.17) is 9.47 Å². The third-order valence-corrected chi connectivity index (χ3v) is 5.44. The van der Waals surface area contributed by atoms with E-state index in [1.54, 1.807) is 0 Å². The summed E-state index contributed by atoms with van der Waals surface area (Å²) in [4.78, 5) is 26.1. The summed E-state index contributed by atoms with van der Waals surface area (Å²) in [6.07, 6.45) is 0.266. The number of amides is 1. The number of ether oxygens (including phenoxy) is 2. The maximum absolute atomic E-state index is 12.6. The molecule has 0 radical (unpaired) electrons. The lowest BCUT2D eigenvalue weighted by Crippen LogP contribution is -3.16. The van der Waals surface area contributed by atoms with E-state index in [9.17, 15) is 9.59 Å². The second-order valence-electron chi connectivity index (χ2n) is 6.85. The second kappa shape index (κ2) is 8.65. The average molecular weight is 389 g/mol. The van der Waals surface area contributed by atoms with Crippen molar-refractivity contribution in [2.75, 3.05) is 32.1 Å². The average Bonchev–Trinajstić information content (AvgIpc) is 3.04. The van der Waals surface area contributed by atoms with E-state index >= 15 is 0 Å². The number of hydrogen-bond donors (Lipinski definition) is 2. The Kier molecular flexibility index (Phi) is 6.26. The fourth-order valence-electron chi connectivity index (χ4n) is 3.52. The first-order valence-corrected chi connectivity index (χ1v) is 9.90. The molecule has 3 rings (SSSR count). The summed E-state index contributed by atoms with van der Waals surface area (Å²) in [5.74, 6) is -0.565. The van der Waals surface area contributed by atoms with Gasteiger partial charge >= 0.3 is 5.97 Å². The summed E-state index contributed by atoms with van der Waals surface area (Å²) in [5, 5.41) is 5.32. The minimum Gasteiger partial charge on any atom is -0.465 e. The molecule has 1 aliphatic rings. The molecule has 2 aromatic rings. The van der Waals surface area contributed by atoms with Gasteiger partial charge in [-0.25, -0.2) is 4.79 Å². The summed E-state index contributed by atoms with van der Waals surface area (Å²) >= 11 is 1.34. The van der Waals surface area contributed by atoms with Gasteiger partial charge in [0.15, 0.2) is 6.54 Å². The molecule has 2 atom stereocenters. The van der Waals surface area contributed by atoms with E-state index in [-0.39, 0.29) is 18.1 Å². The standard InChI is InChI=1S/C20H24N2O4S/c1-13-9-22(10-14(2)26-13)11-17(23)21-19-18(20(24)25-3)16(12-27-19)15-7-5-4-6-8-15/h4-8,12-14H,9-11H2,1-3H3,(H,21,23)/p+1/t13-,14-/m1/s1. The number of rotatable bonds is 5. The van der Waals surface area contributed by atoms with Crippen LogP contribution in [-0.2, 0) is 14.3 Å². The van der Waals surface area contributed by atoms with Gasteiger partial charge in [0.1, 0.15) is 35.9 Å². The molecule has 0 unspecified atom stereocenters. The second-order valence-corrected chi connectivity index (χ2v) is 7.73. The quantitative estimate of drug-likeness (QED) is 0.766. The van der Waals surface area contributed by atoms with Gasteiger partial charge in [-0.05, 0) is 19.4 Å². The predicted molar refractivity (Wildman–Crippen MR) is 105 cm³/mol. The van der Waals surface area contributed by atoms with Crippen molar-refractivity contribution in [1.29, 1.82) is 0 Å². The number of hydrogen-bond acceptors (Lipinski definition) is 5. The van der Waals surface area contributed by atoms with Crippen LogP contribution in [0.3, 0.4) is 0 Å². The fraction of sp³-hybridized carbons (Fsp3) is 0.400. The van der Waals surface area contributed by atoms with Gasteiger partial charge in [0.05, 0.1) is 7.11 Å². The van der Waals surface area contributed by atoms with Gasteiger partial charge in [-0.1, -0.05) is 30.3 Å². The highest BCUT2D eigenvalue weighted by molar-refractivity contribution is 7.15. The van der Waals surface area contributed by atoms with Crippen molar-refractivity contribution in [3.63, 3.8) is 0 Å². The topological polar surface area (TPSA) is 69.1 Å². The minimum absolute atomic E-state index is 0.113. The molecule has 2 heterocycles. The molecule has 1 aliphatic heterocycles. The monoisotopic (exact) mass is 389 g/mol. The molecule has 2 N–H and O–H groups in total. The van der Waals surface area contributed by atoms with Crippen LogP contribution >= 0.6 is 11.3 Å². The van der Waals surface area contributed by atoms with Gasteiger partial charge in [-0.2, -0.15) is 0 Å². The number of esters is 1. The fourth-order valence-corrected chi connectivity index (χ4v) is 4.49. The molecule has 27 heavy (non-hydrogen) atoms. The smallest absolute Gasteiger partial charge is 0.341 e. The molecular weight excluding hydrogens is 364 g/mol. The van der Waals surface area contributed by atoms with Gasteiger partial charge in [-0.15, -0.1) is 11.3 Å². The molecule has 0 bridgehead atoms. The van der Waals surface area contributed by atoms with Gasteiger partial charge < -0.3 is 19.7 Å². The summed E-state index contributed by atoms with van der Waals surface area (Å²) < 4.78 is 10.7. The number of thiophene rings is 1. The Balaban J connectivity index is 1.77. The lowest BCUT2D eigenvalue weighted by molar-refractivity contribution is -0.907. The molecule has 1 amide bonds. The molecule has 0 saturated carbocycles. The highest BCUT2D eigenvalue weighted by atomic mass is 32.1. The lowest BCUT2D eigenvalue weighted by Gasteiger charge is -2.31. The van der Waals surface area contributed by atoms with Crippen molar-refractivity contribution >= 4 is 28.2 Å². The zero-order valence-corrected chi connectivity index (χ0v) is 16.6. The number of quaternary nitrogens is 1. The Morgan fingerprint density at radius 3 is 2.52 bits per heavy atom. The Bertz CT molecular complexity index is 796. The van der Waals surface area contributed by atoms with Crippen molar-refractivity contribution in [1.82, 2.24) is 0 Å². The van der Waals surface area contributed by atoms with Crippen molar-refractivity contribution < 1.29 is 24.0 Å². The van der Waals surface area contributed by atoms with Crippen LogP contribution in [0.25, 0.3) is 11.1 Å². The molecule has 1 fully saturated rings. The first-order chi connectivity index (χ1) is 13.0. The van der Waals surface area contributed by atoms with E-state index in [0.717, 1.165) is 24.2 Å². The van der Waals surface area contributed by atoms with Crippen LogP contribution in [0.1, 0.15) is 24.2 Å². The maximum Gasteiger partial charge on any atom is 0.341 e. The number of benzene rings is 1. The third kappa shape index (κ3) is 4.74. The summed E-state index contributed by atoms with van der Waals surface area (Å²) in [6, 6.07) is 9.61. The van der Waals surface area contributed by atoms with Crippen LogP contribution in [-0.4, -0.2) is 50.8 Å².